The Morgan fingerprint density at radius 1 is 0.872 bits per heavy atom. The van der Waals surface area contributed by atoms with Crippen LogP contribution in [0, 0.1) is 17.3 Å². The molecule has 3 unspecified atom stereocenters. The van der Waals surface area contributed by atoms with Gasteiger partial charge in [-0.3, -0.25) is 29.0 Å². The zero-order valence-electron chi connectivity index (χ0n) is 22.5. The summed E-state index contributed by atoms with van der Waals surface area (Å²) in [6.45, 7) is 6.55. The zero-order valence-corrected chi connectivity index (χ0v) is 22.5. The number of primary amides is 1. The number of anilines is 3. The Morgan fingerprint density at radius 3 is 1.87 bits per heavy atom. The quantitative estimate of drug-likeness (QED) is 0.406. The molecule has 39 heavy (non-hydrogen) atoms. The summed E-state index contributed by atoms with van der Waals surface area (Å²) in [6.07, 6.45) is 0.00666. The van der Waals surface area contributed by atoms with Crippen molar-refractivity contribution in [3.05, 3.63) is 90.5 Å². The number of rotatable bonds is 8. The molecule has 1 aliphatic rings. The summed E-state index contributed by atoms with van der Waals surface area (Å²) in [5, 5.41) is 10.3. The van der Waals surface area contributed by atoms with Gasteiger partial charge in [-0.15, -0.1) is 0 Å². The van der Waals surface area contributed by atoms with Gasteiger partial charge in [0.05, 0.1) is 17.3 Å². The molecule has 4 rings (SSSR count). The average Bonchev–Trinajstić information content (AvgIpc) is 2.98. The van der Waals surface area contributed by atoms with Crippen LogP contribution < -0.4 is 15.5 Å². The standard InChI is InChI=1S/C31H33N3O5/c1-5-23(26(35)36)30(4)28(38)33(22-16-10-7-11-17-22)24-18-12-13-19-25(24)34(29(30)39)31(20(2)3,27(32)37)21-14-8-6-9-15-21/h6-20,23H,5H2,1-4H3,(H2,32,37)(H,35,36). The van der Waals surface area contributed by atoms with Crippen LogP contribution in [0.5, 0.6) is 0 Å². The number of carbonyl (C=O) groups excluding carboxylic acids is 3. The van der Waals surface area contributed by atoms with E-state index in [0.29, 0.717) is 16.9 Å². The summed E-state index contributed by atoms with van der Waals surface area (Å²) in [5.41, 5.74) is 3.92. The Bertz CT molecular complexity index is 1410. The van der Waals surface area contributed by atoms with Gasteiger partial charge in [0, 0.05) is 5.69 Å². The highest BCUT2D eigenvalue weighted by Gasteiger charge is 2.62. The lowest BCUT2D eigenvalue weighted by Crippen LogP contribution is -2.65. The van der Waals surface area contributed by atoms with Gasteiger partial charge >= 0.3 is 5.97 Å². The molecule has 3 aromatic carbocycles. The van der Waals surface area contributed by atoms with Gasteiger partial charge in [0.2, 0.25) is 17.7 Å². The maximum Gasteiger partial charge on any atom is 0.308 e. The third-order valence-corrected chi connectivity index (χ3v) is 7.85. The van der Waals surface area contributed by atoms with Gasteiger partial charge in [-0.1, -0.05) is 81.4 Å². The van der Waals surface area contributed by atoms with Crippen LogP contribution in [0.2, 0.25) is 0 Å². The van der Waals surface area contributed by atoms with Crippen molar-refractivity contribution in [1.29, 1.82) is 0 Å². The number of nitrogens with zero attached hydrogens (tertiary/aromatic N) is 2. The van der Waals surface area contributed by atoms with Crippen molar-refractivity contribution in [2.75, 3.05) is 9.80 Å². The molecular formula is C31H33N3O5. The van der Waals surface area contributed by atoms with Gasteiger partial charge in [-0.25, -0.2) is 0 Å². The predicted octanol–water partition coefficient (Wildman–Crippen LogP) is 4.85. The van der Waals surface area contributed by atoms with E-state index in [1.165, 1.54) is 16.7 Å². The number of carbonyl (C=O) groups is 4. The van der Waals surface area contributed by atoms with Crippen LogP contribution in [0.1, 0.15) is 39.7 Å². The largest absolute Gasteiger partial charge is 0.481 e. The van der Waals surface area contributed by atoms with E-state index in [1.807, 2.05) is 0 Å². The Hall–Kier alpha value is -4.46. The lowest BCUT2D eigenvalue weighted by molar-refractivity contribution is -0.157. The van der Waals surface area contributed by atoms with E-state index in [1.54, 1.807) is 106 Å². The molecule has 8 nitrogen and oxygen atoms in total. The second kappa shape index (κ2) is 10.4. The van der Waals surface area contributed by atoms with Crippen molar-refractivity contribution in [1.82, 2.24) is 0 Å². The van der Waals surface area contributed by atoms with E-state index < -0.39 is 46.5 Å². The van der Waals surface area contributed by atoms with E-state index >= 15 is 0 Å². The number of fused-ring (bicyclic) bond motifs is 1. The molecule has 3 N–H and O–H groups in total. The Kier molecular flexibility index (Phi) is 7.33. The number of aliphatic carboxylic acids is 1. The molecule has 0 radical (unpaired) electrons. The highest BCUT2D eigenvalue weighted by atomic mass is 16.4. The van der Waals surface area contributed by atoms with E-state index in [4.69, 9.17) is 5.73 Å². The van der Waals surface area contributed by atoms with Crippen LogP contribution in [-0.4, -0.2) is 28.8 Å². The highest BCUT2D eigenvalue weighted by Crippen LogP contribution is 2.51. The normalized spacial score (nSPS) is 19.7. The van der Waals surface area contributed by atoms with Crippen LogP contribution in [0.3, 0.4) is 0 Å². The number of benzene rings is 3. The highest BCUT2D eigenvalue weighted by molar-refractivity contribution is 6.25. The number of nitrogens with two attached hydrogens (primary N) is 1. The summed E-state index contributed by atoms with van der Waals surface area (Å²) in [4.78, 5) is 58.5. The van der Waals surface area contributed by atoms with Crippen molar-refractivity contribution < 1.29 is 24.3 Å². The second-order valence-corrected chi connectivity index (χ2v) is 10.3. The molecule has 0 fully saturated rings. The summed E-state index contributed by atoms with van der Waals surface area (Å²) in [7, 11) is 0. The molecule has 0 aromatic heterocycles. The molecule has 0 spiro atoms. The Balaban J connectivity index is 2.20. The first-order valence-electron chi connectivity index (χ1n) is 13.0. The Labute approximate surface area is 228 Å². The molecule has 3 amide bonds. The van der Waals surface area contributed by atoms with E-state index in [0.717, 1.165) is 0 Å². The number of carboxylic acids is 1. The van der Waals surface area contributed by atoms with Gasteiger partial charge in [-0.2, -0.15) is 0 Å². The van der Waals surface area contributed by atoms with Crippen LogP contribution in [0.15, 0.2) is 84.9 Å². The molecule has 1 aliphatic heterocycles. The van der Waals surface area contributed by atoms with Crippen molar-refractivity contribution in [2.24, 2.45) is 23.0 Å². The molecule has 3 atom stereocenters. The smallest absolute Gasteiger partial charge is 0.308 e. The summed E-state index contributed by atoms with van der Waals surface area (Å²) in [6, 6.07) is 24.2. The fourth-order valence-corrected chi connectivity index (χ4v) is 5.88. The first-order valence-corrected chi connectivity index (χ1v) is 13.0. The monoisotopic (exact) mass is 527 g/mol. The van der Waals surface area contributed by atoms with Gasteiger partial charge in [0.15, 0.2) is 5.54 Å². The summed E-state index contributed by atoms with van der Waals surface area (Å²) < 4.78 is 0. The summed E-state index contributed by atoms with van der Waals surface area (Å²) in [5.74, 6) is -5.51. The lowest BCUT2D eigenvalue weighted by atomic mass is 9.70. The van der Waals surface area contributed by atoms with Crippen LogP contribution in [0.4, 0.5) is 17.1 Å². The fraction of sp³-hybridized carbons (Fsp3) is 0.290. The molecule has 3 aromatic rings. The third kappa shape index (κ3) is 4.07. The van der Waals surface area contributed by atoms with Gasteiger partial charge < -0.3 is 10.8 Å². The fourth-order valence-electron chi connectivity index (χ4n) is 5.88. The second-order valence-electron chi connectivity index (χ2n) is 10.3. The van der Waals surface area contributed by atoms with Crippen LogP contribution >= 0.6 is 0 Å². The lowest BCUT2D eigenvalue weighted by Gasteiger charge is -2.47. The Morgan fingerprint density at radius 2 is 1.38 bits per heavy atom. The van der Waals surface area contributed by atoms with Gasteiger partial charge in [-0.05, 0) is 49.1 Å². The molecule has 0 saturated heterocycles. The maximum absolute atomic E-state index is 15.0. The first kappa shape index (κ1) is 27.6. The minimum absolute atomic E-state index is 0.00666. The third-order valence-electron chi connectivity index (χ3n) is 7.85. The summed E-state index contributed by atoms with van der Waals surface area (Å²) >= 11 is 0. The minimum atomic E-state index is -2.08. The molecule has 8 heteroatoms. The zero-order chi connectivity index (χ0) is 28.5. The van der Waals surface area contributed by atoms with E-state index in [9.17, 15) is 24.3 Å². The van der Waals surface area contributed by atoms with E-state index in [-0.39, 0.29) is 12.1 Å². The molecular weight excluding hydrogens is 494 g/mol. The van der Waals surface area contributed by atoms with Crippen LogP contribution in [0.25, 0.3) is 0 Å². The minimum Gasteiger partial charge on any atom is -0.481 e. The number of hydrogen-bond acceptors (Lipinski definition) is 4. The predicted molar refractivity (Wildman–Crippen MR) is 149 cm³/mol. The maximum atomic E-state index is 15.0. The number of amides is 3. The van der Waals surface area contributed by atoms with Crippen molar-refractivity contribution in [3.8, 4) is 0 Å². The van der Waals surface area contributed by atoms with Crippen molar-refractivity contribution in [3.63, 3.8) is 0 Å². The van der Waals surface area contributed by atoms with Gasteiger partial charge in [0.1, 0.15) is 5.41 Å². The van der Waals surface area contributed by atoms with Crippen LogP contribution in [-0.2, 0) is 24.7 Å². The van der Waals surface area contributed by atoms with Crippen molar-refractivity contribution in [2.45, 2.75) is 39.7 Å². The molecule has 0 bridgehead atoms. The molecule has 1 heterocycles. The number of hydrogen-bond donors (Lipinski definition) is 2. The van der Waals surface area contributed by atoms with Crippen molar-refractivity contribution >= 4 is 40.8 Å². The van der Waals surface area contributed by atoms with Gasteiger partial charge in [0.25, 0.3) is 0 Å². The molecule has 0 aliphatic carbocycles. The number of carboxylic acid groups (broad SMARTS) is 1. The first-order chi connectivity index (χ1) is 18.5. The molecule has 202 valence electrons. The molecule has 0 saturated carbocycles. The number of para-hydroxylation sites is 3. The topological polar surface area (TPSA) is 121 Å². The SMILES string of the molecule is CCC(C(=O)O)C1(C)C(=O)N(c2ccccc2)c2ccccc2N(C(C(N)=O)(c2ccccc2)C(C)C)C1=O. The van der Waals surface area contributed by atoms with E-state index in [2.05, 4.69) is 0 Å². The average molecular weight is 528 g/mol.